The van der Waals surface area contributed by atoms with Gasteiger partial charge in [-0.2, -0.15) is 0 Å². The van der Waals surface area contributed by atoms with E-state index in [1.54, 1.807) is 12.1 Å². The molecule has 0 saturated heterocycles. The fraction of sp³-hybridized carbons (Fsp3) is 0.133. The number of hydrogen-bond acceptors (Lipinski definition) is 3. The lowest BCUT2D eigenvalue weighted by molar-refractivity contribution is 0.418. The van der Waals surface area contributed by atoms with Gasteiger partial charge < -0.3 is 10.2 Å². The Kier molecular flexibility index (Phi) is 3.21. The molecule has 0 fully saturated rings. The third-order valence-electron chi connectivity index (χ3n) is 3.23. The first-order valence-corrected chi connectivity index (χ1v) is 6.84. The van der Waals surface area contributed by atoms with E-state index in [0.29, 0.717) is 27.0 Å². The Bertz CT molecular complexity index is 766. The van der Waals surface area contributed by atoms with E-state index in [1.807, 2.05) is 37.3 Å². The Morgan fingerprint density at radius 3 is 2.55 bits per heavy atom. The van der Waals surface area contributed by atoms with Crippen LogP contribution in [0.3, 0.4) is 0 Å². The fourth-order valence-corrected chi connectivity index (χ4v) is 2.61. The van der Waals surface area contributed by atoms with Crippen LogP contribution in [0.1, 0.15) is 18.4 Å². The molecule has 0 amide bonds. The minimum atomic E-state index is -0.837. The third kappa shape index (κ3) is 2.18. The Balaban J connectivity index is 2.17. The van der Waals surface area contributed by atoms with Crippen LogP contribution in [0.5, 0.6) is 0 Å². The molecule has 3 nitrogen and oxygen atoms in total. The summed E-state index contributed by atoms with van der Waals surface area (Å²) in [6, 6.07) is 13.0. The van der Waals surface area contributed by atoms with Gasteiger partial charge in [0, 0.05) is 5.02 Å². The molecule has 3 rings (SSSR count). The van der Waals surface area contributed by atoms with Gasteiger partial charge in [0.05, 0.1) is 5.02 Å². The lowest BCUT2D eigenvalue weighted by Crippen LogP contribution is -2.34. The van der Waals surface area contributed by atoms with Crippen LogP contribution >= 0.6 is 23.2 Å². The van der Waals surface area contributed by atoms with E-state index in [2.05, 4.69) is 4.98 Å². The van der Waals surface area contributed by atoms with Crippen LogP contribution in [0.2, 0.25) is 10.0 Å². The van der Waals surface area contributed by atoms with E-state index in [9.17, 15) is 0 Å². The molecule has 1 aromatic heterocycles. The van der Waals surface area contributed by atoms with E-state index < -0.39 is 5.54 Å². The quantitative estimate of drug-likeness (QED) is 0.765. The molecule has 2 aromatic carbocycles. The molecule has 0 aliphatic carbocycles. The molecule has 0 saturated carbocycles. The highest BCUT2D eigenvalue weighted by Gasteiger charge is 2.30. The second-order valence-corrected chi connectivity index (χ2v) is 5.67. The van der Waals surface area contributed by atoms with Gasteiger partial charge in [0.25, 0.3) is 0 Å². The standard InChI is InChI=1S/C15H12Cl2N2O/c1-15(18,9-5-3-2-4-6-9)14-19-12-8-10(16)7-11(17)13(12)20-14/h2-8H,18H2,1H3. The van der Waals surface area contributed by atoms with Crippen LogP contribution in [0.4, 0.5) is 0 Å². The predicted octanol–water partition coefficient (Wildman–Crippen LogP) is 4.36. The first-order valence-electron chi connectivity index (χ1n) is 6.09. The molecular weight excluding hydrogens is 295 g/mol. The van der Waals surface area contributed by atoms with Crippen LogP contribution in [-0.4, -0.2) is 4.98 Å². The van der Waals surface area contributed by atoms with Gasteiger partial charge in [-0.25, -0.2) is 4.98 Å². The van der Waals surface area contributed by atoms with Gasteiger partial charge in [-0.1, -0.05) is 53.5 Å². The van der Waals surface area contributed by atoms with Crippen molar-refractivity contribution in [3.8, 4) is 0 Å². The number of halogens is 2. The minimum Gasteiger partial charge on any atom is -0.437 e. The van der Waals surface area contributed by atoms with E-state index in [1.165, 1.54) is 0 Å². The van der Waals surface area contributed by atoms with Gasteiger partial charge >= 0.3 is 0 Å². The number of benzene rings is 2. The van der Waals surface area contributed by atoms with Crippen molar-refractivity contribution in [2.75, 3.05) is 0 Å². The molecule has 0 aliphatic rings. The molecule has 20 heavy (non-hydrogen) atoms. The molecule has 0 radical (unpaired) electrons. The maximum Gasteiger partial charge on any atom is 0.220 e. The van der Waals surface area contributed by atoms with Crippen molar-refractivity contribution in [2.45, 2.75) is 12.5 Å². The van der Waals surface area contributed by atoms with Gasteiger partial charge in [0.15, 0.2) is 5.58 Å². The minimum absolute atomic E-state index is 0.405. The molecule has 1 atom stereocenters. The summed E-state index contributed by atoms with van der Waals surface area (Å²) < 4.78 is 5.75. The molecule has 3 aromatic rings. The van der Waals surface area contributed by atoms with Crippen molar-refractivity contribution in [2.24, 2.45) is 5.73 Å². The predicted molar refractivity (Wildman–Crippen MR) is 81.1 cm³/mol. The number of nitrogens with two attached hydrogens (primary N) is 1. The molecule has 0 bridgehead atoms. The Hall–Kier alpha value is -1.55. The monoisotopic (exact) mass is 306 g/mol. The normalized spacial score (nSPS) is 14.4. The van der Waals surface area contributed by atoms with Crippen LogP contribution in [0, 0.1) is 0 Å². The molecule has 1 heterocycles. The second kappa shape index (κ2) is 4.77. The molecule has 102 valence electrons. The second-order valence-electron chi connectivity index (χ2n) is 4.82. The lowest BCUT2D eigenvalue weighted by atomic mass is 9.93. The largest absolute Gasteiger partial charge is 0.437 e. The number of oxazole rings is 1. The van der Waals surface area contributed by atoms with Crippen molar-refractivity contribution >= 4 is 34.3 Å². The Morgan fingerprint density at radius 1 is 1.15 bits per heavy atom. The molecule has 0 spiro atoms. The van der Waals surface area contributed by atoms with Gasteiger partial charge in [-0.15, -0.1) is 0 Å². The van der Waals surface area contributed by atoms with Crippen LogP contribution < -0.4 is 5.73 Å². The molecule has 0 aliphatic heterocycles. The molecule has 1 unspecified atom stereocenters. The van der Waals surface area contributed by atoms with E-state index in [0.717, 1.165) is 5.56 Å². The maximum absolute atomic E-state index is 6.38. The lowest BCUT2D eigenvalue weighted by Gasteiger charge is -2.20. The first kappa shape index (κ1) is 13.4. The third-order valence-corrected chi connectivity index (χ3v) is 3.73. The highest BCUT2D eigenvalue weighted by Crippen LogP contribution is 2.33. The number of fused-ring (bicyclic) bond motifs is 1. The Morgan fingerprint density at radius 2 is 1.85 bits per heavy atom. The average Bonchev–Trinajstić information content (AvgIpc) is 2.84. The van der Waals surface area contributed by atoms with E-state index in [4.69, 9.17) is 33.4 Å². The van der Waals surface area contributed by atoms with Gasteiger partial charge in [-0.05, 0) is 24.6 Å². The number of hydrogen-bond donors (Lipinski definition) is 1. The molecule has 5 heteroatoms. The van der Waals surface area contributed by atoms with E-state index in [-0.39, 0.29) is 0 Å². The fourth-order valence-electron chi connectivity index (χ4n) is 2.09. The summed E-state index contributed by atoms with van der Waals surface area (Å²) in [7, 11) is 0. The van der Waals surface area contributed by atoms with Crippen LogP contribution in [0.15, 0.2) is 46.9 Å². The van der Waals surface area contributed by atoms with Crippen molar-refractivity contribution in [3.05, 3.63) is 64.0 Å². The summed E-state index contributed by atoms with van der Waals surface area (Å²) >= 11 is 12.1. The number of rotatable bonds is 2. The Labute approximate surface area is 126 Å². The zero-order valence-electron chi connectivity index (χ0n) is 10.7. The zero-order chi connectivity index (χ0) is 14.3. The summed E-state index contributed by atoms with van der Waals surface area (Å²) in [5.74, 6) is 0.405. The van der Waals surface area contributed by atoms with Crippen molar-refractivity contribution in [3.63, 3.8) is 0 Å². The molecular formula is C15H12Cl2N2O. The van der Waals surface area contributed by atoms with Gasteiger partial charge in [0.2, 0.25) is 5.89 Å². The number of aromatic nitrogens is 1. The summed E-state index contributed by atoms with van der Waals surface area (Å²) in [6.45, 7) is 1.85. The maximum atomic E-state index is 6.38. The molecule has 2 N–H and O–H groups in total. The topological polar surface area (TPSA) is 52.0 Å². The van der Waals surface area contributed by atoms with Gasteiger partial charge in [-0.3, -0.25) is 0 Å². The van der Waals surface area contributed by atoms with Crippen LogP contribution in [0.25, 0.3) is 11.1 Å². The van der Waals surface area contributed by atoms with Crippen molar-refractivity contribution in [1.82, 2.24) is 4.98 Å². The van der Waals surface area contributed by atoms with E-state index >= 15 is 0 Å². The summed E-state index contributed by atoms with van der Waals surface area (Å²) in [4.78, 5) is 4.42. The number of nitrogens with zero attached hydrogens (tertiary/aromatic N) is 1. The average molecular weight is 307 g/mol. The summed E-state index contributed by atoms with van der Waals surface area (Å²) in [6.07, 6.45) is 0. The van der Waals surface area contributed by atoms with Crippen LogP contribution in [-0.2, 0) is 5.54 Å². The summed E-state index contributed by atoms with van der Waals surface area (Å²) in [5, 5.41) is 0.941. The van der Waals surface area contributed by atoms with Gasteiger partial charge in [0.1, 0.15) is 11.1 Å². The van der Waals surface area contributed by atoms with Crippen molar-refractivity contribution in [1.29, 1.82) is 0 Å². The SMILES string of the molecule is CC(N)(c1ccccc1)c1nc2cc(Cl)cc(Cl)c2o1. The zero-order valence-corrected chi connectivity index (χ0v) is 12.2. The highest BCUT2D eigenvalue weighted by molar-refractivity contribution is 6.37. The first-order chi connectivity index (χ1) is 9.48. The smallest absolute Gasteiger partial charge is 0.220 e. The van der Waals surface area contributed by atoms with Crippen molar-refractivity contribution < 1.29 is 4.42 Å². The summed E-state index contributed by atoms with van der Waals surface area (Å²) in [5.41, 5.74) is 7.55. The highest BCUT2D eigenvalue weighted by atomic mass is 35.5.